The van der Waals surface area contributed by atoms with Crippen LogP contribution in [0.1, 0.15) is 24.9 Å². The standard InChI is InChI=1S/C16H25FN2O2/c1-12-9-19(10-15(11-20)21-12)7-6-16(18-2)13-4-3-5-14(17)8-13/h3-5,8,12,15-16,18,20H,6-7,9-11H2,1-2H3. The molecule has 0 aliphatic carbocycles. The maximum absolute atomic E-state index is 13.3. The summed E-state index contributed by atoms with van der Waals surface area (Å²) in [5, 5.41) is 12.5. The molecule has 0 amide bonds. The van der Waals surface area contributed by atoms with Gasteiger partial charge in [-0.15, -0.1) is 0 Å². The lowest BCUT2D eigenvalue weighted by atomic mass is 10.0. The predicted molar refractivity (Wildman–Crippen MR) is 80.7 cm³/mol. The molecule has 1 fully saturated rings. The maximum atomic E-state index is 13.3. The van der Waals surface area contributed by atoms with Gasteiger partial charge in [-0.3, -0.25) is 4.90 Å². The lowest BCUT2D eigenvalue weighted by Gasteiger charge is -2.36. The summed E-state index contributed by atoms with van der Waals surface area (Å²) in [6, 6.07) is 6.87. The molecule has 5 heteroatoms. The van der Waals surface area contributed by atoms with Crippen LogP contribution >= 0.6 is 0 Å². The first kappa shape index (κ1) is 16.4. The largest absolute Gasteiger partial charge is 0.394 e. The molecule has 3 unspecified atom stereocenters. The molecule has 0 radical (unpaired) electrons. The summed E-state index contributed by atoms with van der Waals surface area (Å²) in [4.78, 5) is 2.30. The zero-order valence-corrected chi connectivity index (χ0v) is 12.8. The minimum atomic E-state index is -0.201. The summed E-state index contributed by atoms with van der Waals surface area (Å²) in [6.07, 6.45) is 0.930. The molecule has 1 aromatic rings. The van der Waals surface area contributed by atoms with E-state index in [1.54, 1.807) is 12.1 Å². The van der Waals surface area contributed by atoms with Gasteiger partial charge in [0.05, 0.1) is 18.8 Å². The Labute approximate surface area is 125 Å². The van der Waals surface area contributed by atoms with Gasteiger partial charge >= 0.3 is 0 Å². The van der Waals surface area contributed by atoms with Crippen LogP contribution in [0.2, 0.25) is 0 Å². The fraction of sp³-hybridized carbons (Fsp3) is 0.625. The van der Waals surface area contributed by atoms with Crippen molar-refractivity contribution in [1.29, 1.82) is 0 Å². The summed E-state index contributed by atoms with van der Waals surface area (Å²) in [7, 11) is 1.90. The van der Waals surface area contributed by atoms with Crippen molar-refractivity contribution in [2.75, 3.05) is 33.3 Å². The molecule has 0 saturated carbocycles. The predicted octanol–water partition coefficient (Wildman–Crippen LogP) is 1.56. The van der Waals surface area contributed by atoms with Gasteiger partial charge in [0.25, 0.3) is 0 Å². The number of morpholine rings is 1. The van der Waals surface area contributed by atoms with Crippen molar-refractivity contribution in [3.8, 4) is 0 Å². The van der Waals surface area contributed by atoms with Crippen LogP contribution in [0.5, 0.6) is 0 Å². The first-order valence-corrected chi connectivity index (χ1v) is 7.53. The van der Waals surface area contributed by atoms with Crippen molar-refractivity contribution >= 4 is 0 Å². The smallest absolute Gasteiger partial charge is 0.123 e. The number of halogens is 1. The Kier molecular flexibility index (Phi) is 6.11. The SMILES string of the molecule is CNC(CCN1CC(C)OC(CO)C1)c1cccc(F)c1. The number of hydrogen-bond donors (Lipinski definition) is 2. The van der Waals surface area contributed by atoms with E-state index in [2.05, 4.69) is 10.2 Å². The lowest BCUT2D eigenvalue weighted by molar-refractivity contribution is -0.0955. The molecule has 1 aliphatic heterocycles. The number of hydrogen-bond acceptors (Lipinski definition) is 4. The third-order valence-corrected chi connectivity index (χ3v) is 3.94. The van der Waals surface area contributed by atoms with E-state index in [0.717, 1.165) is 31.6 Å². The van der Waals surface area contributed by atoms with Crippen molar-refractivity contribution in [3.05, 3.63) is 35.6 Å². The van der Waals surface area contributed by atoms with Crippen LogP contribution in [0.3, 0.4) is 0 Å². The van der Waals surface area contributed by atoms with Gasteiger partial charge in [0.2, 0.25) is 0 Å². The van der Waals surface area contributed by atoms with E-state index in [-0.39, 0.29) is 30.7 Å². The fourth-order valence-electron chi connectivity index (χ4n) is 2.94. The molecule has 1 saturated heterocycles. The molecule has 118 valence electrons. The van der Waals surface area contributed by atoms with Crippen molar-refractivity contribution in [1.82, 2.24) is 10.2 Å². The molecule has 3 atom stereocenters. The molecular formula is C16H25FN2O2. The summed E-state index contributed by atoms with van der Waals surface area (Å²) in [6.45, 7) is 4.60. The Morgan fingerprint density at radius 3 is 2.95 bits per heavy atom. The molecule has 2 N–H and O–H groups in total. The molecule has 1 aliphatic rings. The van der Waals surface area contributed by atoms with Crippen molar-refractivity contribution in [2.45, 2.75) is 31.6 Å². The zero-order valence-electron chi connectivity index (χ0n) is 12.8. The number of aliphatic hydroxyl groups is 1. The third-order valence-electron chi connectivity index (χ3n) is 3.94. The van der Waals surface area contributed by atoms with Crippen LogP contribution in [0.4, 0.5) is 4.39 Å². The Morgan fingerprint density at radius 1 is 1.48 bits per heavy atom. The Bertz CT molecular complexity index is 444. The molecule has 4 nitrogen and oxygen atoms in total. The van der Waals surface area contributed by atoms with E-state index in [1.165, 1.54) is 6.07 Å². The van der Waals surface area contributed by atoms with Gasteiger partial charge in [0.1, 0.15) is 5.82 Å². The quantitative estimate of drug-likeness (QED) is 0.836. The van der Waals surface area contributed by atoms with E-state index >= 15 is 0 Å². The van der Waals surface area contributed by atoms with Gasteiger partial charge in [-0.2, -0.15) is 0 Å². The molecule has 0 aromatic heterocycles. The van der Waals surface area contributed by atoms with Crippen molar-refractivity contribution < 1.29 is 14.2 Å². The molecule has 21 heavy (non-hydrogen) atoms. The van der Waals surface area contributed by atoms with Gasteiger partial charge in [-0.1, -0.05) is 12.1 Å². The minimum Gasteiger partial charge on any atom is -0.394 e. The van der Waals surface area contributed by atoms with Crippen LogP contribution in [0.15, 0.2) is 24.3 Å². The fourth-order valence-corrected chi connectivity index (χ4v) is 2.94. The molecular weight excluding hydrogens is 271 g/mol. The number of benzene rings is 1. The van der Waals surface area contributed by atoms with Gasteiger partial charge in [-0.05, 0) is 38.1 Å². The van der Waals surface area contributed by atoms with E-state index in [9.17, 15) is 9.50 Å². The molecule has 0 spiro atoms. The number of rotatable bonds is 6. The summed E-state index contributed by atoms with van der Waals surface area (Å²) in [5.41, 5.74) is 0.970. The van der Waals surface area contributed by atoms with Crippen LogP contribution in [-0.2, 0) is 4.74 Å². The first-order chi connectivity index (χ1) is 10.1. The monoisotopic (exact) mass is 296 g/mol. The highest BCUT2D eigenvalue weighted by molar-refractivity contribution is 5.20. The molecule has 1 heterocycles. The van der Waals surface area contributed by atoms with E-state index in [0.29, 0.717) is 0 Å². The number of ether oxygens (including phenoxy) is 1. The topological polar surface area (TPSA) is 44.7 Å². The molecule has 0 bridgehead atoms. The Hall–Kier alpha value is -1.01. The average Bonchev–Trinajstić information content (AvgIpc) is 2.47. The normalized spacial score (nSPS) is 25.0. The van der Waals surface area contributed by atoms with Crippen LogP contribution in [0, 0.1) is 5.82 Å². The van der Waals surface area contributed by atoms with Crippen molar-refractivity contribution in [2.24, 2.45) is 0 Å². The van der Waals surface area contributed by atoms with Gasteiger partial charge in [0, 0.05) is 25.7 Å². The zero-order chi connectivity index (χ0) is 15.2. The number of aliphatic hydroxyl groups excluding tert-OH is 1. The van der Waals surface area contributed by atoms with E-state index < -0.39 is 0 Å². The first-order valence-electron chi connectivity index (χ1n) is 7.53. The molecule has 2 rings (SSSR count). The Morgan fingerprint density at radius 2 is 2.29 bits per heavy atom. The van der Waals surface area contributed by atoms with Crippen LogP contribution in [-0.4, -0.2) is 55.5 Å². The Balaban J connectivity index is 1.91. The number of nitrogens with zero attached hydrogens (tertiary/aromatic N) is 1. The number of nitrogens with one attached hydrogen (secondary N) is 1. The maximum Gasteiger partial charge on any atom is 0.123 e. The van der Waals surface area contributed by atoms with Crippen LogP contribution < -0.4 is 5.32 Å². The molecule has 1 aromatic carbocycles. The highest BCUT2D eigenvalue weighted by Gasteiger charge is 2.25. The second kappa shape index (κ2) is 7.84. The van der Waals surface area contributed by atoms with E-state index in [4.69, 9.17) is 4.74 Å². The second-order valence-corrected chi connectivity index (χ2v) is 5.70. The summed E-state index contributed by atoms with van der Waals surface area (Å²) >= 11 is 0. The summed E-state index contributed by atoms with van der Waals surface area (Å²) < 4.78 is 19.0. The second-order valence-electron chi connectivity index (χ2n) is 5.70. The van der Waals surface area contributed by atoms with Gasteiger partial charge < -0.3 is 15.2 Å². The lowest BCUT2D eigenvalue weighted by Crippen LogP contribution is -2.48. The van der Waals surface area contributed by atoms with E-state index in [1.807, 2.05) is 20.0 Å². The third kappa shape index (κ3) is 4.74. The van der Waals surface area contributed by atoms with Crippen LogP contribution in [0.25, 0.3) is 0 Å². The van der Waals surface area contributed by atoms with Crippen molar-refractivity contribution in [3.63, 3.8) is 0 Å². The minimum absolute atomic E-state index is 0.0557. The van der Waals surface area contributed by atoms with Gasteiger partial charge in [0.15, 0.2) is 0 Å². The highest BCUT2D eigenvalue weighted by Crippen LogP contribution is 2.19. The van der Waals surface area contributed by atoms with Gasteiger partial charge in [-0.25, -0.2) is 4.39 Å². The highest BCUT2D eigenvalue weighted by atomic mass is 19.1. The average molecular weight is 296 g/mol. The summed E-state index contributed by atoms with van der Waals surface area (Å²) in [5.74, 6) is -0.201.